The first kappa shape index (κ1) is 24.2. The molecule has 0 N–H and O–H groups in total. The fourth-order valence-corrected chi connectivity index (χ4v) is 3.05. The van der Waals surface area contributed by atoms with E-state index in [1.807, 2.05) is 0 Å². The van der Waals surface area contributed by atoms with Crippen LogP contribution in [-0.2, 0) is 9.47 Å². The highest BCUT2D eigenvalue weighted by molar-refractivity contribution is 5.23. The van der Waals surface area contributed by atoms with Crippen LogP contribution in [0.2, 0.25) is 0 Å². The highest BCUT2D eigenvalue weighted by atomic mass is 16.5. The minimum absolute atomic E-state index is 0.120. The maximum Gasteiger partial charge on any atom is 0.0649 e. The van der Waals surface area contributed by atoms with E-state index in [4.69, 9.17) is 9.47 Å². The van der Waals surface area contributed by atoms with Crippen LogP contribution in [0, 0.1) is 5.92 Å². The molecule has 0 fully saturated rings. The van der Waals surface area contributed by atoms with Gasteiger partial charge in [-0.05, 0) is 58.6 Å². The molecule has 4 nitrogen and oxygen atoms in total. The van der Waals surface area contributed by atoms with Crippen LogP contribution >= 0.6 is 0 Å². The Morgan fingerprint density at radius 1 is 1.04 bits per heavy atom. The van der Waals surface area contributed by atoms with Crippen molar-refractivity contribution in [2.75, 3.05) is 53.6 Å². The smallest absolute Gasteiger partial charge is 0.0649 e. The highest BCUT2D eigenvalue weighted by Crippen LogP contribution is 2.22. The van der Waals surface area contributed by atoms with Crippen molar-refractivity contribution in [1.82, 2.24) is 9.80 Å². The van der Waals surface area contributed by atoms with Crippen LogP contribution in [0.1, 0.15) is 60.3 Å². The van der Waals surface area contributed by atoms with Crippen molar-refractivity contribution < 1.29 is 9.47 Å². The standard InChI is InChI=1S/C23H44N2O2/c1-8-21-9-11-22(12-10-21)25(7)15-14-24(6)16-18-27-23(4,5)13-17-26-19-20(2)3/h9,11,20H,8,10,12-19H2,1-7H3. The lowest BCUT2D eigenvalue weighted by Gasteiger charge is -2.29. The van der Waals surface area contributed by atoms with Gasteiger partial charge in [-0.15, -0.1) is 0 Å². The molecular formula is C23H44N2O2. The van der Waals surface area contributed by atoms with Crippen LogP contribution in [0.3, 0.4) is 0 Å². The molecule has 27 heavy (non-hydrogen) atoms. The van der Waals surface area contributed by atoms with Crippen molar-refractivity contribution in [3.8, 4) is 0 Å². The lowest BCUT2D eigenvalue weighted by molar-refractivity contribution is -0.0476. The molecule has 1 aliphatic rings. The van der Waals surface area contributed by atoms with Crippen molar-refractivity contribution in [3.05, 3.63) is 23.4 Å². The summed E-state index contributed by atoms with van der Waals surface area (Å²) in [6, 6.07) is 0. The Hall–Kier alpha value is -0.840. The molecule has 0 bridgehead atoms. The molecule has 1 rings (SSSR count). The highest BCUT2D eigenvalue weighted by Gasteiger charge is 2.18. The lowest BCUT2D eigenvalue weighted by atomic mass is 10.00. The second-order valence-electron chi connectivity index (χ2n) is 8.89. The molecule has 0 aliphatic heterocycles. The Balaban J connectivity index is 2.18. The third kappa shape index (κ3) is 10.9. The van der Waals surface area contributed by atoms with Crippen LogP contribution in [-0.4, -0.2) is 69.0 Å². The average molecular weight is 381 g/mol. The van der Waals surface area contributed by atoms with Gasteiger partial charge in [-0.1, -0.05) is 32.4 Å². The van der Waals surface area contributed by atoms with Crippen LogP contribution in [0.15, 0.2) is 23.4 Å². The fourth-order valence-electron chi connectivity index (χ4n) is 3.05. The zero-order valence-corrected chi connectivity index (χ0v) is 19.0. The van der Waals surface area contributed by atoms with E-state index >= 15 is 0 Å². The Morgan fingerprint density at radius 2 is 1.78 bits per heavy atom. The molecule has 0 saturated heterocycles. The first-order chi connectivity index (χ1) is 12.7. The number of ether oxygens (including phenoxy) is 2. The molecule has 0 aromatic carbocycles. The van der Waals surface area contributed by atoms with Gasteiger partial charge in [-0.2, -0.15) is 0 Å². The first-order valence-corrected chi connectivity index (χ1v) is 10.7. The largest absolute Gasteiger partial charge is 0.381 e. The average Bonchev–Trinajstić information content (AvgIpc) is 2.63. The summed E-state index contributed by atoms with van der Waals surface area (Å²) in [6.45, 7) is 16.4. The molecule has 0 radical (unpaired) electrons. The van der Waals surface area contributed by atoms with Crippen molar-refractivity contribution in [3.63, 3.8) is 0 Å². The van der Waals surface area contributed by atoms with Gasteiger partial charge in [0.1, 0.15) is 0 Å². The molecule has 0 saturated carbocycles. The molecular weight excluding hydrogens is 336 g/mol. The number of hydrogen-bond acceptors (Lipinski definition) is 4. The summed E-state index contributed by atoms with van der Waals surface area (Å²) in [7, 11) is 4.39. The molecule has 0 atom stereocenters. The van der Waals surface area contributed by atoms with Gasteiger partial charge in [0, 0.05) is 45.6 Å². The number of likely N-dealkylation sites (N-methyl/N-ethyl adjacent to an activating group) is 2. The Morgan fingerprint density at radius 3 is 2.37 bits per heavy atom. The van der Waals surface area contributed by atoms with E-state index in [-0.39, 0.29) is 5.60 Å². The minimum Gasteiger partial charge on any atom is -0.381 e. The van der Waals surface area contributed by atoms with Gasteiger partial charge in [0.2, 0.25) is 0 Å². The van der Waals surface area contributed by atoms with Crippen LogP contribution in [0.5, 0.6) is 0 Å². The maximum absolute atomic E-state index is 6.10. The quantitative estimate of drug-likeness (QED) is 0.407. The second kappa shape index (κ2) is 12.6. The third-order valence-electron chi connectivity index (χ3n) is 5.24. The van der Waals surface area contributed by atoms with Gasteiger partial charge in [-0.25, -0.2) is 0 Å². The number of hydrogen-bond donors (Lipinski definition) is 0. The summed E-state index contributed by atoms with van der Waals surface area (Å²) >= 11 is 0. The van der Waals surface area contributed by atoms with Gasteiger partial charge in [0.15, 0.2) is 0 Å². The Kier molecular flexibility index (Phi) is 11.3. The number of rotatable bonds is 14. The van der Waals surface area contributed by atoms with Crippen LogP contribution in [0.4, 0.5) is 0 Å². The maximum atomic E-state index is 6.10. The first-order valence-electron chi connectivity index (χ1n) is 10.7. The Bertz CT molecular complexity index is 469. The molecule has 1 aliphatic carbocycles. The van der Waals surface area contributed by atoms with E-state index in [1.165, 1.54) is 25.0 Å². The van der Waals surface area contributed by atoms with Gasteiger partial charge < -0.3 is 19.3 Å². The van der Waals surface area contributed by atoms with Crippen molar-refractivity contribution >= 4 is 0 Å². The summed E-state index contributed by atoms with van der Waals surface area (Å²) in [5.41, 5.74) is 2.91. The predicted molar refractivity (Wildman–Crippen MR) is 116 cm³/mol. The monoisotopic (exact) mass is 380 g/mol. The summed E-state index contributed by atoms with van der Waals surface area (Å²) in [5, 5.41) is 0. The fraction of sp³-hybridized carbons (Fsp3) is 0.826. The SMILES string of the molecule is CCC1=CC=C(N(C)CCN(C)CCOC(C)(C)CCOCC(C)C)CC1. The van der Waals surface area contributed by atoms with E-state index in [0.29, 0.717) is 5.92 Å². The zero-order valence-electron chi connectivity index (χ0n) is 19.0. The molecule has 0 heterocycles. The molecule has 0 aromatic heterocycles. The molecule has 0 amide bonds. The van der Waals surface area contributed by atoms with Crippen molar-refractivity contribution in [2.24, 2.45) is 5.92 Å². The number of allylic oxidation sites excluding steroid dienone is 4. The van der Waals surface area contributed by atoms with E-state index in [1.54, 1.807) is 5.57 Å². The summed E-state index contributed by atoms with van der Waals surface area (Å²) in [5.74, 6) is 0.593. The van der Waals surface area contributed by atoms with E-state index in [2.05, 4.69) is 70.7 Å². The summed E-state index contributed by atoms with van der Waals surface area (Å²) in [6.07, 6.45) is 9.11. The molecule has 4 heteroatoms. The van der Waals surface area contributed by atoms with Crippen molar-refractivity contribution in [1.29, 1.82) is 0 Å². The van der Waals surface area contributed by atoms with E-state index in [9.17, 15) is 0 Å². The molecule has 0 unspecified atom stereocenters. The molecule has 158 valence electrons. The van der Waals surface area contributed by atoms with E-state index in [0.717, 1.165) is 45.9 Å². The Labute approximate surface area is 168 Å². The van der Waals surface area contributed by atoms with E-state index < -0.39 is 0 Å². The van der Waals surface area contributed by atoms with Gasteiger partial charge >= 0.3 is 0 Å². The lowest BCUT2D eigenvalue weighted by Crippen LogP contribution is -2.35. The molecule has 0 spiro atoms. The van der Waals surface area contributed by atoms with Gasteiger partial charge in [0.05, 0.1) is 12.2 Å². The normalized spacial score (nSPS) is 15.3. The second-order valence-corrected chi connectivity index (χ2v) is 8.89. The third-order valence-corrected chi connectivity index (χ3v) is 5.24. The number of nitrogens with zero attached hydrogens (tertiary/aromatic N) is 2. The zero-order chi connectivity index (χ0) is 20.3. The summed E-state index contributed by atoms with van der Waals surface area (Å²) in [4.78, 5) is 4.76. The molecule has 0 aromatic rings. The van der Waals surface area contributed by atoms with Gasteiger partial charge in [0.25, 0.3) is 0 Å². The summed E-state index contributed by atoms with van der Waals surface area (Å²) < 4.78 is 11.8. The predicted octanol–water partition coefficient (Wildman–Crippen LogP) is 4.72. The van der Waals surface area contributed by atoms with Crippen LogP contribution < -0.4 is 0 Å². The van der Waals surface area contributed by atoms with Gasteiger partial charge in [-0.3, -0.25) is 0 Å². The van der Waals surface area contributed by atoms with Crippen LogP contribution in [0.25, 0.3) is 0 Å². The minimum atomic E-state index is -0.120. The topological polar surface area (TPSA) is 24.9 Å². The van der Waals surface area contributed by atoms with Crippen molar-refractivity contribution in [2.45, 2.75) is 65.9 Å².